The average Bonchev–Trinajstić information content (AvgIpc) is 3.24. The Bertz CT molecular complexity index is 1240. The van der Waals surface area contributed by atoms with Crippen molar-refractivity contribution in [2.45, 2.75) is 69.2 Å². The van der Waals surface area contributed by atoms with Crippen molar-refractivity contribution in [3.8, 4) is 5.69 Å². The second-order valence-corrected chi connectivity index (χ2v) is 9.61. The SMILES string of the molecule is COC(=O)c1cnn(-c2cccc(C3CCC(n4ncc5c4CCCC5=O)C3)c2)c1C1CC1. The number of methoxy groups -OCH3 is 1. The normalized spacial score (nSPS) is 22.4. The molecule has 2 fully saturated rings. The van der Waals surface area contributed by atoms with Gasteiger partial charge in [0.25, 0.3) is 0 Å². The van der Waals surface area contributed by atoms with Gasteiger partial charge in [0.05, 0.1) is 42.5 Å². The Balaban J connectivity index is 1.27. The van der Waals surface area contributed by atoms with Gasteiger partial charge in [-0.2, -0.15) is 10.2 Å². The van der Waals surface area contributed by atoms with E-state index in [1.54, 1.807) is 12.4 Å². The third-order valence-corrected chi connectivity index (χ3v) is 7.53. The molecule has 0 saturated heterocycles. The predicted octanol–water partition coefficient (Wildman–Crippen LogP) is 4.76. The highest BCUT2D eigenvalue weighted by Crippen LogP contribution is 2.44. The fraction of sp³-hybridized carbons (Fsp3) is 0.462. The van der Waals surface area contributed by atoms with Gasteiger partial charge in [-0.15, -0.1) is 0 Å². The lowest BCUT2D eigenvalue weighted by atomic mass is 9.95. The molecule has 33 heavy (non-hydrogen) atoms. The minimum Gasteiger partial charge on any atom is -0.465 e. The molecule has 0 radical (unpaired) electrons. The van der Waals surface area contributed by atoms with Crippen molar-refractivity contribution in [1.29, 1.82) is 0 Å². The summed E-state index contributed by atoms with van der Waals surface area (Å²) in [4.78, 5) is 24.5. The largest absolute Gasteiger partial charge is 0.465 e. The number of aromatic nitrogens is 4. The van der Waals surface area contributed by atoms with Gasteiger partial charge >= 0.3 is 5.97 Å². The smallest absolute Gasteiger partial charge is 0.341 e. The van der Waals surface area contributed by atoms with Crippen LogP contribution >= 0.6 is 0 Å². The van der Waals surface area contributed by atoms with E-state index in [0.29, 0.717) is 29.9 Å². The first kappa shape index (κ1) is 20.4. The van der Waals surface area contributed by atoms with Crippen LogP contribution < -0.4 is 0 Å². The Kier molecular flexibility index (Phi) is 4.93. The van der Waals surface area contributed by atoms with Crippen LogP contribution in [0.3, 0.4) is 0 Å². The molecular weight excluding hydrogens is 416 g/mol. The molecule has 2 aromatic heterocycles. The molecular formula is C26H28N4O3. The quantitative estimate of drug-likeness (QED) is 0.530. The Labute approximate surface area is 192 Å². The first-order valence-corrected chi connectivity index (χ1v) is 12.0. The van der Waals surface area contributed by atoms with E-state index in [9.17, 15) is 9.59 Å². The zero-order valence-corrected chi connectivity index (χ0v) is 18.9. The Morgan fingerprint density at radius 1 is 1.06 bits per heavy atom. The number of benzene rings is 1. The van der Waals surface area contributed by atoms with E-state index in [1.807, 2.05) is 4.68 Å². The zero-order valence-electron chi connectivity index (χ0n) is 18.9. The van der Waals surface area contributed by atoms with Crippen LogP contribution in [0.15, 0.2) is 36.7 Å². The van der Waals surface area contributed by atoms with Crippen LogP contribution in [0.25, 0.3) is 5.69 Å². The van der Waals surface area contributed by atoms with E-state index in [-0.39, 0.29) is 11.8 Å². The van der Waals surface area contributed by atoms with Gasteiger partial charge in [0.1, 0.15) is 5.56 Å². The lowest BCUT2D eigenvalue weighted by Gasteiger charge is -2.18. The molecule has 0 bridgehead atoms. The van der Waals surface area contributed by atoms with Gasteiger partial charge in [-0.05, 0) is 68.6 Å². The highest BCUT2D eigenvalue weighted by Gasteiger charge is 2.34. The van der Waals surface area contributed by atoms with Crippen LogP contribution in [0, 0.1) is 0 Å². The molecule has 7 heteroatoms. The van der Waals surface area contributed by atoms with Crippen molar-refractivity contribution in [3.63, 3.8) is 0 Å². The molecule has 0 spiro atoms. The number of carbonyl (C=O) groups excluding carboxylic acids is 2. The molecule has 3 aliphatic carbocycles. The summed E-state index contributed by atoms with van der Waals surface area (Å²) < 4.78 is 9.04. The summed E-state index contributed by atoms with van der Waals surface area (Å²) in [5, 5.41) is 9.19. The summed E-state index contributed by atoms with van der Waals surface area (Å²) in [5.74, 6) is 0.727. The van der Waals surface area contributed by atoms with E-state index in [0.717, 1.165) is 67.6 Å². The lowest BCUT2D eigenvalue weighted by Crippen LogP contribution is -2.16. The summed E-state index contributed by atoms with van der Waals surface area (Å²) >= 11 is 0. The van der Waals surface area contributed by atoms with Gasteiger partial charge in [-0.25, -0.2) is 9.48 Å². The van der Waals surface area contributed by atoms with Gasteiger partial charge in [-0.3, -0.25) is 9.48 Å². The first-order valence-electron chi connectivity index (χ1n) is 12.0. The number of ketones is 1. The molecule has 170 valence electrons. The van der Waals surface area contributed by atoms with Gasteiger partial charge in [0, 0.05) is 18.0 Å². The van der Waals surface area contributed by atoms with Crippen LogP contribution in [0.4, 0.5) is 0 Å². The molecule has 7 nitrogen and oxygen atoms in total. The van der Waals surface area contributed by atoms with E-state index < -0.39 is 0 Å². The van der Waals surface area contributed by atoms with Crippen molar-refractivity contribution in [2.75, 3.05) is 7.11 Å². The summed E-state index contributed by atoms with van der Waals surface area (Å²) in [5.41, 5.74) is 5.80. The maximum Gasteiger partial charge on any atom is 0.341 e. The highest BCUT2D eigenvalue weighted by atomic mass is 16.5. The number of rotatable bonds is 5. The molecule has 2 heterocycles. The molecule has 1 aromatic carbocycles. The summed E-state index contributed by atoms with van der Waals surface area (Å²) in [6, 6.07) is 8.90. The summed E-state index contributed by atoms with van der Waals surface area (Å²) in [6.07, 6.45) is 11.3. The third kappa shape index (κ3) is 3.50. The minimum atomic E-state index is -0.320. The lowest BCUT2D eigenvalue weighted by molar-refractivity contribution is 0.0599. The monoisotopic (exact) mass is 444 g/mol. The van der Waals surface area contributed by atoms with E-state index in [2.05, 4.69) is 39.1 Å². The first-order chi connectivity index (χ1) is 16.1. The van der Waals surface area contributed by atoms with E-state index in [1.165, 1.54) is 12.7 Å². The number of hydrogen-bond acceptors (Lipinski definition) is 5. The number of fused-ring (bicyclic) bond motifs is 1. The van der Waals surface area contributed by atoms with Gasteiger partial charge in [0.2, 0.25) is 0 Å². The van der Waals surface area contributed by atoms with Crippen molar-refractivity contribution in [1.82, 2.24) is 19.6 Å². The standard InChI is InChI=1S/C26H28N4O3/c1-33-26(32)22-15-28-30(25(22)16-8-9-16)19-5-2-4-17(12-19)18-10-11-20(13-18)29-23-6-3-7-24(31)21(23)14-27-29/h2,4-5,12,14-16,18,20H,3,6-11,13H2,1H3. The minimum absolute atomic E-state index is 0.238. The van der Waals surface area contributed by atoms with Gasteiger partial charge in [0.15, 0.2) is 5.78 Å². The third-order valence-electron chi connectivity index (χ3n) is 7.53. The fourth-order valence-electron chi connectivity index (χ4n) is 5.71. The molecule has 3 aliphatic rings. The van der Waals surface area contributed by atoms with Crippen molar-refractivity contribution in [3.05, 3.63) is 64.7 Å². The molecule has 2 saturated carbocycles. The zero-order chi connectivity index (χ0) is 22.5. The molecule has 6 rings (SSSR count). The molecule has 0 N–H and O–H groups in total. The average molecular weight is 445 g/mol. The summed E-state index contributed by atoms with van der Waals surface area (Å²) in [7, 11) is 1.42. The molecule has 0 aliphatic heterocycles. The Hall–Kier alpha value is -3.22. The second kappa shape index (κ2) is 7.97. The Morgan fingerprint density at radius 3 is 2.73 bits per heavy atom. The van der Waals surface area contributed by atoms with E-state index >= 15 is 0 Å². The van der Waals surface area contributed by atoms with Crippen LogP contribution in [0.5, 0.6) is 0 Å². The summed E-state index contributed by atoms with van der Waals surface area (Å²) in [6.45, 7) is 0. The van der Waals surface area contributed by atoms with Crippen molar-refractivity contribution in [2.24, 2.45) is 0 Å². The number of esters is 1. The van der Waals surface area contributed by atoms with Crippen LogP contribution in [0.1, 0.15) is 100 Å². The number of hydrogen-bond donors (Lipinski definition) is 0. The number of ether oxygens (including phenoxy) is 1. The molecule has 3 aromatic rings. The van der Waals surface area contributed by atoms with E-state index in [4.69, 9.17) is 4.74 Å². The second-order valence-electron chi connectivity index (χ2n) is 9.61. The van der Waals surface area contributed by atoms with Crippen molar-refractivity contribution < 1.29 is 14.3 Å². The highest BCUT2D eigenvalue weighted by molar-refractivity contribution is 5.97. The van der Waals surface area contributed by atoms with Crippen LogP contribution in [0.2, 0.25) is 0 Å². The molecule has 2 atom stereocenters. The van der Waals surface area contributed by atoms with Crippen LogP contribution in [-0.4, -0.2) is 38.4 Å². The van der Waals surface area contributed by atoms with Gasteiger partial charge in [-0.1, -0.05) is 12.1 Å². The fourth-order valence-corrected chi connectivity index (χ4v) is 5.71. The van der Waals surface area contributed by atoms with Gasteiger partial charge < -0.3 is 4.74 Å². The number of carbonyl (C=O) groups is 2. The molecule has 2 unspecified atom stereocenters. The van der Waals surface area contributed by atoms with Crippen molar-refractivity contribution >= 4 is 11.8 Å². The maximum absolute atomic E-state index is 12.3. The number of Topliss-reactive ketones (excluding diaryl/α,β-unsaturated/α-hetero) is 1. The Morgan fingerprint density at radius 2 is 1.91 bits per heavy atom. The molecule has 0 amide bonds. The topological polar surface area (TPSA) is 79.0 Å². The van der Waals surface area contributed by atoms with Crippen LogP contribution in [-0.2, 0) is 11.2 Å². The number of nitrogens with zero attached hydrogens (tertiary/aromatic N) is 4. The maximum atomic E-state index is 12.3. The predicted molar refractivity (Wildman–Crippen MR) is 122 cm³/mol.